The van der Waals surface area contributed by atoms with E-state index in [0.717, 1.165) is 37.3 Å². The first-order valence-corrected chi connectivity index (χ1v) is 10.2. The Kier molecular flexibility index (Phi) is 5.31. The SMILES string of the molecule is CC1CN(Cc2ccccc2)CCc2c1nn(C(C)C)c2-c1ccc(F)cc1. The Morgan fingerprint density at radius 2 is 1.79 bits per heavy atom. The van der Waals surface area contributed by atoms with E-state index in [9.17, 15) is 4.39 Å². The van der Waals surface area contributed by atoms with E-state index in [1.165, 1.54) is 16.8 Å². The van der Waals surface area contributed by atoms with Gasteiger partial charge >= 0.3 is 0 Å². The van der Waals surface area contributed by atoms with Crippen LogP contribution in [0.25, 0.3) is 11.3 Å². The molecular formula is C24H28FN3. The van der Waals surface area contributed by atoms with Gasteiger partial charge < -0.3 is 0 Å². The highest BCUT2D eigenvalue weighted by Gasteiger charge is 2.28. The molecule has 0 bridgehead atoms. The van der Waals surface area contributed by atoms with Crippen LogP contribution in [0, 0.1) is 5.82 Å². The molecule has 0 aliphatic carbocycles. The van der Waals surface area contributed by atoms with Crippen LogP contribution < -0.4 is 0 Å². The zero-order chi connectivity index (χ0) is 19.7. The van der Waals surface area contributed by atoms with Crippen molar-refractivity contribution < 1.29 is 4.39 Å². The predicted molar refractivity (Wildman–Crippen MR) is 112 cm³/mol. The van der Waals surface area contributed by atoms with Gasteiger partial charge in [0.15, 0.2) is 0 Å². The molecule has 1 unspecified atom stereocenters. The fourth-order valence-corrected chi connectivity index (χ4v) is 4.24. The number of rotatable bonds is 4. The van der Waals surface area contributed by atoms with Crippen molar-refractivity contribution in [2.75, 3.05) is 13.1 Å². The second kappa shape index (κ2) is 7.88. The van der Waals surface area contributed by atoms with Crippen molar-refractivity contribution in [1.29, 1.82) is 0 Å². The summed E-state index contributed by atoms with van der Waals surface area (Å²) in [6.45, 7) is 9.56. The lowest BCUT2D eigenvalue weighted by molar-refractivity contribution is 0.262. The first-order valence-electron chi connectivity index (χ1n) is 10.2. The largest absolute Gasteiger partial charge is 0.298 e. The van der Waals surface area contributed by atoms with Crippen LogP contribution in [0.1, 0.15) is 49.6 Å². The maximum atomic E-state index is 13.5. The number of halogens is 1. The molecular weight excluding hydrogens is 349 g/mol. The average Bonchev–Trinajstić information content (AvgIpc) is 3.00. The van der Waals surface area contributed by atoms with Crippen LogP contribution in [-0.2, 0) is 13.0 Å². The molecule has 1 aliphatic heterocycles. The number of nitrogens with zero attached hydrogens (tertiary/aromatic N) is 3. The van der Waals surface area contributed by atoms with Crippen LogP contribution in [0.3, 0.4) is 0 Å². The molecule has 4 rings (SSSR count). The monoisotopic (exact) mass is 377 g/mol. The van der Waals surface area contributed by atoms with E-state index in [1.807, 2.05) is 12.1 Å². The summed E-state index contributed by atoms with van der Waals surface area (Å²) >= 11 is 0. The van der Waals surface area contributed by atoms with Crippen LogP contribution in [0.15, 0.2) is 54.6 Å². The molecule has 28 heavy (non-hydrogen) atoms. The molecule has 3 aromatic rings. The Labute approximate surface area is 166 Å². The fourth-order valence-electron chi connectivity index (χ4n) is 4.24. The Morgan fingerprint density at radius 3 is 2.46 bits per heavy atom. The van der Waals surface area contributed by atoms with Crippen molar-refractivity contribution in [3.63, 3.8) is 0 Å². The predicted octanol–water partition coefficient (Wildman–Crippen LogP) is 5.43. The van der Waals surface area contributed by atoms with Gasteiger partial charge in [-0.1, -0.05) is 37.3 Å². The Morgan fingerprint density at radius 1 is 1.07 bits per heavy atom. The third kappa shape index (κ3) is 3.74. The van der Waals surface area contributed by atoms with Crippen molar-refractivity contribution in [3.05, 3.63) is 77.2 Å². The van der Waals surface area contributed by atoms with Gasteiger partial charge in [0.2, 0.25) is 0 Å². The summed E-state index contributed by atoms with van der Waals surface area (Å²) in [6.07, 6.45) is 0.964. The molecule has 2 aromatic carbocycles. The summed E-state index contributed by atoms with van der Waals surface area (Å²) in [7, 11) is 0. The lowest BCUT2D eigenvalue weighted by Gasteiger charge is -2.23. The third-order valence-corrected chi connectivity index (χ3v) is 5.57. The molecule has 0 fully saturated rings. The van der Waals surface area contributed by atoms with Crippen molar-refractivity contribution >= 4 is 0 Å². The molecule has 0 N–H and O–H groups in total. The van der Waals surface area contributed by atoms with Gasteiger partial charge in [0.1, 0.15) is 5.82 Å². The molecule has 2 heterocycles. The molecule has 3 nitrogen and oxygen atoms in total. The quantitative estimate of drug-likeness (QED) is 0.604. The smallest absolute Gasteiger partial charge is 0.123 e. The topological polar surface area (TPSA) is 21.1 Å². The zero-order valence-electron chi connectivity index (χ0n) is 16.9. The van der Waals surface area contributed by atoms with E-state index in [0.29, 0.717) is 5.92 Å². The summed E-state index contributed by atoms with van der Waals surface area (Å²) in [6, 6.07) is 17.8. The van der Waals surface area contributed by atoms with Crippen molar-refractivity contribution in [1.82, 2.24) is 14.7 Å². The van der Waals surface area contributed by atoms with E-state index in [2.05, 4.69) is 60.7 Å². The normalized spacial score (nSPS) is 17.5. The number of hydrogen-bond donors (Lipinski definition) is 0. The summed E-state index contributed by atoms with van der Waals surface area (Å²) < 4.78 is 15.6. The van der Waals surface area contributed by atoms with Crippen LogP contribution in [0.5, 0.6) is 0 Å². The Bertz CT molecular complexity index is 928. The summed E-state index contributed by atoms with van der Waals surface area (Å²) in [5, 5.41) is 5.03. The van der Waals surface area contributed by atoms with Gasteiger partial charge in [0.25, 0.3) is 0 Å². The molecule has 1 atom stereocenters. The molecule has 0 spiro atoms. The Hall–Kier alpha value is -2.46. The van der Waals surface area contributed by atoms with Gasteiger partial charge in [-0.25, -0.2) is 4.39 Å². The zero-order valence-corrected chi connectivity index (χ0v) is 16.9. The molecule has 0 saturated carbocycles. The minimum Gasteiger partial charge on any atom is -0.298 e. The van der Waals surface area contributed by atoms with Crippen LogP contribution in [-0.4, -0.2) is 27.8 Å². The van der Waals surface area contributed by atoms with Crippen LogP contribution >= 0.6 is 0 Å². The molecule has 0 amide bonds. The summed E-state index contributed by atoms with van der Waals surface area (Å²) in [5.41, 5.74) is 6.07. The molecule has 4 heteroatoms. The van der Waals surface area contributed by atoms with Crippen molar-refractivity contribution in [2.45, 2.75) is 45.7 Å². The standard InChI is InChI=1S/C24H28FN3/c1-17(2)28-24(20-9-11-21(25)12-10-20)22-13-14-27(15-18(3)23(22)26-28)16-19-7-5-4-6-8-19/h4-12,17-18H,13-16H2,1-3H3. The van der Waals surface area contributed by atoms with E-state index in [1.54, 1.807) is 12.1 Å². The van der Waals surface area contributed by atoms with E-state index in [4.69, 9.17) is 5.10 Å². The van der Waals surface area contributed by atoms with Gasteiger partial charge in [-0.2, -0.15) is 5.10 Å². The van der Waals surface area contributed by atoms with Gasteiger partial charge in [0, 0.05) is 42.7 Å². The van der Waals surface area contributed by atoms with Gasteiger partial charge in [-0.15, -0.1) is 0 Å². The summed E-state index contributed by atoms with van der Waals surface area (Å²) in [5.74, 6) is 0.160. The van der Waals surface area contributed by atoms with E-state index >= 15 is 0 Å². The second-order valence-corrected chi connectivity index (χ2v) is 8.13. The highest BCUT2D eigenvalue weighted by atomic mass is 19.1. The van der Waals surface area contributed by atoms with Crippen LogP contribution in [0.4, 0.5) is 4.39 Å². The van der Waals surface area contributed by atoms with Gasteiger partial charge in [-0.05, 0) is 50.1 Å². The fraction of sp³-hybridized carbons (Fsp3) is 0.375. The molecule has 0 radical (unpaired) electrons. The maximum absolute atomic E-state index is 13.5. The molecule has 1 aromatic heterocycles. The Balaban J connectivity index is 1.68. The third-order valence-electron chi connectivity index (χ3n) is 5.57. The minimum atomic E-state index is -0.201. The number of benzene rings is 2. The highest BCUT2D eigenvalue weighted by molar-refractivity contribution is 5.65. The molecule has 1 aliphatic rings. The lowest BCUT2D eigenvalue weighted by atomic mass is 9.98. The number of fused-ring (bicyclic) bond motifs is 1. The molecule has 146 valence electrons. The number of hydrogen-bond acceptors (Lipinski definition) is 2. The average molecular weight is 378 g/mol. The van der Waals surface area contributed by atoms with Gasteiger partial charge in [0.05, 0.1) is 11.4 Å². The number of aromatic nitrogens is 2. The van der Waals surface area contributed by atoms with Crippen LogP contribution in [0.2, 0.25) is 0 Å². The van der Waals surface area contributed by atoms with E-state index < -0.39 is 0 Å². The maximum Gasteiger partial charge on any atom is 0.123 e. The van der Waals surface area contributed by atoms with Crippen molar-refractivity contribution in [3.8, 4) is 11.3 Å². The second-order valence-electron chi connectivity index (χ2n) is 8.13. The highest BCUT2D eigenvalue weighted by Crippen LogP contribution is 2.35. The van der Waals surface area contributed by atoms with Crippen molar-refractivity contribution in [2.24, 2.45) is 0 Å². The van der Waals surface area contributed by atoms with Gasteiger partial charge in [-0.3, -0.25) is 9.58 Å². The first-order chi connectivity index (χ1) is 13.5. The first kappa shape index (κ1) is 18.9. The summed E-state index contributed by atoms with van der Waals surface area (Å²) in [4.78, 5) is 2.52. The molecule has 0 saturated heterocycles. The minimum absolute atomic E-state index is 0.201. The van der Waals surface area contributed by atoms with E-state index in [-0.39, 0.29) is 11.9 Å². The lowest BCUT2D eigenvalue weighted by Crippen LogP contribution is -2.27.